The lowest BCUT2D eigenvalue weighted by molar-refractivity contribution is -0.138. The molecule has 2 rings (SSSR count). The van der Waals surface area contributed by atoms with Crippen LogP contribution in [0.3, 0.4) is 0 Å². The highest BCUT2D eigenvalue weighted by Gasteiger charge is 2.39. The molecule has 0 aromatic rings. The van der Waals surface area contributed by atoms with E-state index in [-0.39, 0.29) is 18.4 Å². The molecule has 2 amide bonds. The van der Waals surface area contributed by atoms with Crippen LogP contribution < -0.4 is 11.1 Å². The maximum Gasteiger partial charge on any atom is 0.241 e. The van der Waals surface area contributed by atoms with Gasteiger partial charge in [0, 0.05) is 19.6 Å². The fraction of sp³-hybridized carbons (Fsp3) is 0.875. The number of rotatable bonds is 4. The van der Waals surface area contributed by atoms with Gasteiger partial charge < -0.3 is 16.0 Å². The second-order valence-corrected chi connectivity index (χ2v) is 6.79. The average molecular weight is 295 g/mol. The summed E-state index contributed by atoms with van der Waals surface area (Å²) in [5, 5.41) is 2.85. The lowest BCUT2D eigenvalue weighted by Crippen LogP contribution is -2.51. The second kappa shape index (κ2) is 7.25. The van der Waals surface area contributed by atoms with E-state index in [0.717, 1.165) is 51.6 Å². The van der Waals surface area contributed by atoms with E-state index in [0.29, 0.717) is 12.5 Å². The van der Waals surface area contributed by atoms with Crippen molar-refractivity contribution in [1.29, 1.82) is 0 Å². The molecule has 0 bridgehead atoms. The Hall–Kier alpha value is -1.10. The van der Waals surface area contributed by atoms with Gasteiger partial charge in [-0.2, -0.15) is 0 Å². The van der Waals surface area contributed by atoms with E-state index in [2.05, 4.69) is 12.2 Å². The lowest BCUT2D eigenvalue weighted by Gasteiger charge is -2.37. The van der Waals surface area contributed by atoms with E-state index >= 15 is 0 Å². The Morgan fingerprint density at radius 3 is 2.38 bits per heavy atom. The highest BCUT2D eigenvalue weighted by atomic mass is 16.2. The number of likely N-dealkylation sites (tertiary alicyclic amines) is 1. The first-order chi connectivity index (χ1) is 10.1. The third-order valence-electron chi connectivity index (χ3n) is 5.21. The van der Waals surface area contributed by atoms with Crippen molar-refractivity contribution in [2.45, 2.75) is 51.9 Å². The molecule has 1 aliphatic heterocycles. The first-order valence-corrected chi connectivity index (χ1v) is 8.33. The van der Waals surface area contributed by atoms with Gasteiger partial charge >= 0.3 is 0 Å². The van der Waals surface area contributed by atoms with Crippen molar-refractivity contribution in [1.82, 2.24) is 10.2 Å². The predicted octanol–water partition coefficient (Wildman–Crippen LogP) is 1.27. The first-order valence-electron chi connectivity index (χ1n) is 8.33. The van der Waals surface area contributed by atoms with Crippen LogP contribution in [0.25, 0.3) is 0 Å². The topological polar surface area (TPSA) is 75.4 Å². The summed E-state index contributed by atoms with van der Waals surface area (Å²) in [7, 11) is 0. The van der Waals surface area contributed by atoms with E-state index in [1.807, 2.05) is 4.90 Å². The Bertz CT molecular complexity index is 370. The fourth-order valence-corrected chi connectivity index (χ4v) is 3.44. The molecule has 1 aliphatic carbocycles. The van der Waals surface area contributed by atoms with Crippen LogP contribution in [0, 0.1) is 11.3 Å². The van der Waals surface area contributed by atoms with Gasteiger partial charge in [0.25, 0.3) is 0 Å². The quantitative estimate of drug-likeness (QED) is 0.820. The van der Waals surface area contributed by atoms with Crippen molar-refractivity contribution >= 4 is 11.8 Å². The molecule has 120 valence electrons. The van der Waals surface area contributed by atoms with Gasteiger partial charge in [-0.25, -0.2) is 0 Å². The summed E-state index contributed by atoms with van der Waals surface area (Å²) in [4.78, 5) is 26.5. The van der Waals surface area contributed by atoms with Gasteiger partial charge in [0.15, 0.2) is 0 Å². The summed E-state index contributed by atoms with van der Waals surface area (Å²) in [6.45, 7) is 4.38. The average Bonchev–Trinajstić information content (AvgIpc) is 2.54. The van der Waals surface area contributed by atoms with E-state index < -0.39 is 5.41 Å². The Kier molecular flexibility index (Phi) is 5.62. The molecule has 21 heavy (non-hydrogen) atoms. The Morgan fingerprint density at radius 2 is 1.81 bits per heavy atom. The summed E-state index contributed by atoms with van der Waals surface area (Å²) >= 11 is 0. The Morgan fingerprint density at radius 1 is 1.19 bits per heavy atom. The summed E-state index contributed by atoms with van der Waals surface area (Å²) in [5.41, 5.74) is 5.43. The molecule has 1 heterocycles. The zero-order valence-electron chi connectivity index (χ0n) is 13.2. The normalized spacial score (nSPS) is 30.0. The number of nitrogens with two attached hydrogens (primary N) is 1. The molecule has 0 aromatic heterocycles. The van der Waals surface area contributed by atoms with Crippen LogP contribution in [0.15, 0.2) is 0 Å². The van der Waals surface area contributed by atoms with Crippen LogP contribution in [0.2, 0.25) is 0 Å². The number of piperidine rings is 1. The molecule has 0 spiro atoms. The summed E-state index contributed by atoms with van der Waals surface area (Å²) in [6, 6.07) is 0. The maximum absolute atomic E-state index is 12.5. The minimum absolute atomic E-state index is 0.0257. The zero-order chi connectivity index (χ0) is 15.3. The standard InChI is InChI=1S/C16H29N3O2/c1-13-5-7-16(12-17,8-6-13)15(21)18-11-14(20)19-9-3-2-4-10-19/h13H,2-12,17H2,1H3,(H,18,21). The summed E-state index contributed by atoms with van der Waals surface area (Å²) < 4.78 is 0. The number of hydrogen-bond acceptors (Lipinski definition) is 3. The minimum atomic E-state index is -0.450. The third kappa shape index (κ3) is 3.96. The molecular formula is C16H29N3O2. The van der Waals surface area contributed by atoms with Crippen LogP contribution in [-0.2, 0) is 9.59 Å². The SMILES string of the molecule is CC1CCC(CN)(C(=O)NCC(=O)N2CCCCC2)CC1. The van der Waals surface area contributed by atoms with Crippen LogP contribution in [0.5, 0.6) is 0 Å². The highest BCUT2D eigenvalue weighted by Crippen LogP contribution is 2.38. The first kappa shape index (κ1) is 16.3. The summed E-state index contributed by atoms with van der Waals surface area (Å²) in [5.74, 6) is 0.689. The monoisotopic (exact) mass is 295 g/mol. The molecule has 0 atom stereocenters. The van der Waals surface area contributed by atoms with Crippen LogP contribution in [-0.4, -0.2) is 42.9 Å². The van der Waals surface area contributed by atoms with Gasteiger partial charge in [0.05, 0.1) is 12.0 Å². The van der Waals surface area contributed by atoms with Crippen molar-refractivity contribution in [3.8, 4) is 0 Å². The van der Waals surface area contributed by atoms with E-state index in [4.69, 9.17) is 5.73 Å². The predicted molar refractivity (Wildman–Crippen MR) is 82.6 cm³/mol. The molecule has 2 fully saturated rings. The molecule has 5 heteroatoms. The number of carbonyl (C=O) groups is 2. The molecular weight excluding hydrogens is 266 g/mol. The number of amides is 2. The van der Waals surface area contributed by atoms with Crippen molar-refractivity contribution in [3.63, 3.8) is 0 Å². The zero-order valence-corrected chi connectivity index (χ0v) is 13.2. The minimum Gasteiger partial charge on any atom is -0.347 e. The van der Waals surface area contributed by atoms with Gasteiger partial charge in [0.1, 0.15) is 0 Å². The number of hydrogen-bond donors (Lipinski definition) is 2. The fourth-order valence-electron chi connectivity index (χ4n) is 3.44. The molecule has 2 aliphatic rings. The molecule has 1 saturated carbocycles. The van der Waals surface area contributed by atoms with E-state index in [1.54, 1.807) is 0 Å². The number of carbonyl (C=O) groups excluding carboxylic acids is 2. The van der Waals surface area contributed by atoms with Crippen LogP contribution in [0.4, 0.5) is 0 Å². The van der Waals surface area contributed by atoms with Crippen molar-refractivity contribution in [2.24, 2.45) is 17.1 Å². The van der Waals surface area contributed by atoms with Crippen molar-refractivity contribution in [3.05, 3.63) is 0 Å². The lowest BCUT2D eigenvalue weighted by atomic mass is 9.70. The third-order valence-corrected chi connectivity index (χ3v) is 5.21. The van der Waals surface area contributed by atoms with Gasteiger partial charge in [-0.3, -0.25) is 9.59 Å². The molecule has 0 radical (unpaired) electrons. The van der Waals surface area contributed by atoms with Gasteiger partial charge in [-0.05, 0) is 50.9 Å². The van der Waals surface area contributed by atoms with Gasteiger partial charge in [-0.15, -0.1) is 0 Å². The van der Waals surface area contributed by atoms with Crippen LogP contribution in [0.1, 0.15) is 51.9 Å². The van der Waals surface area contributed by atoms with Gasteiger partial charge in [0.2, 0.25) is 11.8 Å². The molecule has 3 N–H and O–H groups in total. The second-order valence-electron chi connectivity index (χ2n) is 6.79. The number of nitrogens with zero attached hydrogens (tertiary/aromatic N) is 1. The van der Waals surface area contributed by atoms with E-state index in [1.165, 1.54) is 6.42 Å². The highest BCUT2D eigenvalue weighted by molar-refractivity contribution is 5.88. The molecule has 0 aromatic carbocycles. The molecule has 0 unspecified atom stereocenters. The smallest absolute Gasteiger partial charge is 0.241 e. The maximum atomic E-state index is 12.5. The van der Waals surface area contributed by atoms with Crippen molar-refractivity contribution < 1.29 is 9.59 Å². The van der Waals surface area contributed by atoms with Gasteiger partial charge in [-0.1, -0.05) is 6.92 Å². The van der Waals surface area contributed by atoms with E-state index in [9.17, 15) is 9.59 Å². The summed E-state index contributed by atoms with van der Waals surface area (Å²) in [6.07, 6.45) is 7.12. The Labute approximate surface area is 127 Å². The largest absolute Gasteiger partial charge is 0.347 e. The Balaban J connectivity index is 1.83. The van der Waals surface area contributed by atoms with Crippen molar-refractivity contribution in [2.75, 3.05) is 26.2 Å². The molecule has 1 saturated heterocycles. The number of nitrogens with one attached hydrogen (secondary N) is 1. The van der Waals surface area contributed by atoms with Crippen LogP contribution >= 0.6 is 0 Å². The molecule has 5 nitrogen and oxygen atoms in total.